The van der Waals surface area contributed by atoms with Crippen LogP contribution in [0.15, 0.2) is 54.9 Å². The maximum Gasteiger partial charge on any atom is 0.273 e. The minimum Gasteiger partial charge on any atom is -0.267 e. The normalized spacial score (nSPS) is 11.0. The van der Waals surface area contributed by atoms with Crippen LogP contribution in [0.1, 0.15) is 21.6 Å². The Morgan fingerprint density at radius 1 is 1.07 bits per heavy atom. The van der Waals surface area contributed by atoms with E-state index in [1.807, 2.05) is 6.92 Å². The minimum absolute atomic E-state index is 0.293. The molecule has 1 amide bonds. The Morgan fingerprint density at radius 2 is 1.86 bits per heavy atom. The van der Waals surface area contributed by atoms with Crippen LogP contribution in [0.3, 0.4) is 0 Å². The lowest BCUT2D eigenvalue weighted by molar-refractivity contribution is 0.101. The zero-order valence-electron chi connectivity index (χ0n) is 15.2. The largest absolute Gasteiger partial charge is 0.273 e. The van der Waals surface area contributed by atoms with E-state index in [9.17, 15) is 13.6 Å². The van der Waals surface area contributed by atoms with E-state index in [4.69, 9.17) is 0 Å². The van der Waals surface area contributed by atoms with Crippen molar-refractivity contribution in [1.82, 2.24) is 14.6 Å². The molecule has 140 valence electrons. The predicted molar refractivity (Wildman–Crippen MR) is 102 cm³/mol. The van der Waals surface area contributed by atoms with E-state index in [0.717, 1.165) is 10.9 Å². The number of halogens is 2. The smallest absolute Gasteiger partial charge is 0.267 e. The fourth-order valence-corrected chi connectivity index (χ4v) is 3.09. The number of carbonyl (C=O) groups excluding carboxylic acids is 1. The van der Waals surface area contributed by atoms with E-state index in [1.54, 1.807) is 36.0 Å². The van der Waals surface area contributed by atoms with E-state index >= 15 is 0 Å². The molecule has 7 heteroatoms. The van der Waals surface area contributed by atoms with Crippen molar-refractivity contribution in [2.75, 3.05) is 5.43 Å². The quantitative estimate of drug-likeness (QED) is 0.576. The standard InChI is InChI=1S/C21H16F2N4O/c1-12-11-27(19-7-6-16(23)9-17(12)19)26-21(28)18-10-24-20(25-13(18)2)14-4-3-5-15(22)8-14/h3-11H,1-2H3,(H,26,28). The second-order valence-electron chi connectivity index (χ2n) is 6.49. The number of carbonyl (C=O) groups is 1. The van der Waals surface area contributed by atoms with Crippen molar-refractivity contribution in [3.8, 4) is 11.4 Å². The van der Waals surface area contributed by atoms with Crippen molar-refractivity contribution in [2.45, 2.75) is 13.8 Å². The van der Waals surface area contributed by atoms with E-state index in [0.29, 0.717) is 28.2 Å². The van der Waals surface area contributed by atoms with Gasteiger partial charge in [-0.1, -0.05) is 12.1 Å². The van der Waals surface area contributed by atoms with Gasteiger partial charge in [-0.05, 0) is 49.7 Å². The highest BCUT2D eigenvalue weighted by Gasteiger charge is 2.15. The van der Waals surface area contributed by atoms with Crippen molar-refractivity contribution >= 4 is 16.8 Å². The molecule has 0 saturated carbocycles. The van der Waals surface area contributed by atoms with Crippen LogP contribution in [-0.2, 0) is 0 Å². The maximum atomic E-state index is 13.5. The number of amides is 1. The van der Waals surface area contributed by atoms with Gasteiger partial charge in [0, 0.05) is 23.3 Å². The molecule has 4 aromatic rings. The molecule has 0 bridgehead atoms. The predicted octanol–water partition coefficient (Wildman–Crippen LogP) is 4.38. The molecule has 1 N–H and O–H groups in total. The lowest BCUT2D eigenvalue weighted by Crippen LogP contribution is -2.23. The minimum atomic E-state index is -0.399. The molecule has 28 heavy (non-hydrogen) atoms. The fourth-order valence-electron chi connectivity index (χ4n) is 3.09. The third kappa shape index (κ3) is 3.22. The Hall–Kier alpha value is -3.61. The van der Waals surface area contributed by atoms with E-state index in [2.05, 4.69) is 15.4 Å². The monoisotopic (exact) mass is 378 g/mol. The molecule has 0 radical (unpaired) electrons. The van der Waals surface area contributed by atoms with Crippen LogP contribution in [0, 0.1) is 25.5 Å². The van der Waals surface area contributed by atoms with Crippen molar-refractivity contribution in [3.05, 3.63) is 83.3 Å². The highest BCUT2D eigenvalue weighted by molar-refractivity contribution is 6.01. The van der Waals surface area contributed by atoms with Crippen molar-refractivity contribution in [1.29, 1.82) is 0 Å². The van der Waals surface area contributed by atoms with E-state index < -0.39 is 5.91 Å². The van der Waals surface area contributed by atoms with Crippen LogP contribution in [0.25, 0.3) is 22.3 Å². The number of nitrogens with one attached hydrogen (secondary N) is 1. The third-order valence-corrected chi connectivity index (χ3v) is 4.49. The van der Waals surface area contributed by atoms with Gasteiger partial charge in [0.15, 0.2) is 5.82 Å². The zero-order chi connectivity index (χ0) is 19.8. The Labute approximate surface area is 159 Å². The van der Waals surface area contributed by atoms with E-state index in [1.165, 1.54) is 30.5 Å². The summed E-state index contributed by atoms with van der Waals surface area (Å²) in [4.78, 5) is 21.2. The highest BCUT2D eigenvalue weighted by Crippen LogP contribution is 2.22. The highest BCUT2D eigenvalue weighted by atomic mass is 19.1. The molecule has 0 saturated heterocycles. The second-order valence-corrected chi connectivity index (χ2v) is 6.49. The molecule has 0 aliphatic rings. The average molecular weight is 378 g/mol. The number of hydrogen-bond acceptors (Lipinski definition) is 3. The number of hydrogen-bond donors (Lipinski definition) is 1. The average Bonchev–Trinajstić information content (AvgIpc) is 2.96. The molecule has 0 aliphatic heterocycles. The number of aromatic nitrogens is 3. The van der Waals surface area contributed by atoms with Gasteiger partial charge >= 0.3 is 0 Å². The first-order valence-corrected chi connectivity index (χ1v) is 8.60. The van der Waals surface area contributed by atoms with Gasteiger partial charge in [-0.15, -0.1) is 0 Å². The number of rotatable bonds is 3. The lowest BCUT2D eigenvalue weighted by Gasteiger charge is -2.10. The first kappa shape index (κ1) is 17.8. The molecular formula is C21H16F2N4O. The molecule has 5 nitrogen and oxygen atoms in total. The summed E-state index contributed by atoms with van der Waals surface area (Å²) in [6.07, 6.45) is 3.13. The maximum absolute atomic E-state index is 13.5. The molecule has 4 rings (SSSR count). The Bertz CT molecular complexity index is 1220. The summed E-state index contributed by atoms with van der Waals surface area (Å²) in [7, 11) is 0. The number of benzene rings is 2. The van der Waals surface area contributed by atoms with Crippen LogP contribution in [0.4, 0.5) is 8.78 Å². The van der Waals surface area contributed by atoms with Gasteiger partial charge in [0.05, 0.1) is 16.8 Å². The summed E-state index contributed by atoms with van der Waals surface area (Å²) in [6, 6.07) is 10.3. The van der Waals surface area contributed by atoms with Gasteiger partial charge < -0.3 is 0 Å². The Kier molecular flexibility index (Phi) is 4.35. The van der Waals surface area contributed by atoms with Crippen LogP contribution >= 0.6 is 0 Å². The zero-order valence-corrected chi connectivity index (χ0v) is 15.2. The molecule has 0 fully saturated rings. The first-order chi connectivity index (χ1) is 13.4. The summed E-state index contributed by atoms with van der Waals surface area (Å²) in [5.74, 6) is -0.778. The lowest BCUT2D eigenvalue weighted by atomic mass is 10.2. The fraction of sp³-hybridized carbons (Fsp3) is 0.0952. The van der Waals surface area contributed by atoms with Crippen LogP contribution in [0.5, 0.6) is 0 Å². The number of nitrogens with zero attached hydrogens (tertiary/aromatic N) is 3. The molecule has 0 unspecified atom stereocenters. The van der Waals surface area contributed by atoms with Crippen molar-refractivity contribution in [3.63, 3.8) is 0 Å². The first-order valence-electron chi connectivity index (χ1n) is 8.60. The summed E-state index contributed by atoms with van der Waals surface area (Å²) in [5.41, 5.74) is 5.57. The molecular weight excluding hydrogens is 362 g/mol. The van der Waals surface area contributed by atoms with Gasteiger partial charge in [-0.25, -0.2) is 18.7 Å². The Balaban J connectivity index is 1.64. The van der Waals surface area contributed by atoms with E-state index in [-0.39, 0.29) is 11.6 Å². The molecule has 0 spiro atoms. The van der Waals surface area contributed by atoms with Gasteiger partial charge in [0.1, 0.15) is 11.6 Å². The topological polar surface area (TPSA) is 59.8 Å². The van der Waals surface area contributed by atoms with Crippen molar-refractivity contribution in [2.24, 2.45) is 0 Å². The van der Waals surface area contributed by atoms with Gasteiger partial charge in [0.2, 0.25) is 0 Å². The second kappa shape index (κ2) is 6.84. The molecule has 2 aromatic heterocycles. The summed E-state index contributed by atoms with van der Waals surface area (Å²) in [6.45, 7) is 3.53. The molecule has 0 aliphatic carbocycles. The van der Waals surface area contributed by atoms with Crippen molar-refractivity contribution < 1.29 is 13.6 Å². The summed E-state index contributed by atoms with van der Waals surface area (Å²) in [5, 5.41) is 0.717. The molecule has 2 aromatic carbocycles. The summed E-state index contributed by atoms with van der Waals surface area (Å²) < 4.78 is 28.4. The Morgan fingerprint density at radius 3 is 2.61 bits per heavy atom. The number of aryl methyl sites for hydroxylation is 2. The number of fused-ring (bicyclic) bond motifs is 1. The van der Waals surface area contributed by atoms with Gasteiger partial charge in [0.25, 0.3) is 5.91 Å². The van der Waals surface area contributed by atoms with Crippen LogP contribution in [-0.4, -0.2) is 20.6 Å². The molecule has 2 heterocycles. The van der Waals surface area contributed by atoms with Crippen LogP contribution in [0.2, 0.25) is 0 Å². The van der Waals surface area contributed by atoms with Gasteiger partial charge in [-0.2, -0.15) is 0 Å². The van der Waals surface area contributed by atoms with Gasteiger partial charge in [-0.3, -0.25) is 14.9 Å². The van der Waals surface area contributed by atoms with Crippen LogP contribution < -0.4 is 5.43 Å². The SMILES string of the molecule is Cc1nc(-c2cccc(F)c2)ncc1C(=O)Nn1cc(C)c2cc(F)ccc21. The summed E-state index contributed by atoms with van der Waals surface area (Å²) >= 11 is 0. The molecule has 0 atom stereocenters. The third-order valence-electron chi connectivity index (χ3n) is 4.49.